The first-order chi connectivity index (χ1) is 8.42. The van der Waals surface area contributed by atoms with Crippen molar-refractivity contribution in [2.24, 2.45) is 5.73 Å². The van der Waals surface area contributed by atoms with Crippen molar-refractivity contribution in [3.63, 3.8) is 0 Å². The van der Waals surface area contributed by atoms with Crippen LogP contribution in [0.15, 0.2) is 24.3 Å². The number of hydrogen-bond acceptors (Lipinski definition) is 3. The van der Waals surface area contributed by atoms with Crippen LogP contribution >= 0.6 is 0 Å². The van der Waals surface area contributed by atoms with E-state index in [1.165, 1.54) is 0 Å². The van der Waals surface area contributed by atoms with Gasteiger partial charge in [0.05, 0.1) is 0 Å². The molecule has 0 aliphatic heterocycles. The molecule has 4 heteroatoms. The number of carbonyl (C=O) groups is 1. The number of anilines is 1. The number of nitrogens with one attached hydrogen (secondary N) is 1. The molecule has 4 nitrogen and oxygen atoms in total. The van der Waals surface area contributed by atoms with Crippen LogP contribution in [0.4, 0.5) is 5.69 Å². The topological polar surface area (TPSA) is 64.3 Å². The summed E-state index contributed by atoms with van der Waals surface area (Å²) in [5.74, 6) is -0.138. The molecule has 18 heavy (non-hydrogen) atoms. The van der Waals surface area contributed by atoms with Gasteiger partial charge >= 0.3 is 0 Å². The molecule has 1 aromatic carbocycles. The zero-order valence-electron chi connectivity index (χ0n) is 11.5. The lowest BCUT2D eigenvalue weighted by Crippen LogP contribution is -2.41. The summed E-state index contributed by atoms with van der Waals surface area (Å²) in [7, 11) is 1.54. The van der Waals surface area contributed by atoms with Gasteiger partial charge < -0.3 is 15.8 Å². The molecular formula is C14H22N2O2. The lowest BCUT2D eigenvalue weighted by Gasteiger charge is -2.25. The third-order valence-corrected chi connectivity index (χ3v) is 3.30. The molecule has 0 aliphatic carbocycles. The maximum Gasteiger partial charge on any atom is 0.256 e. The van der Waals surface area contributed by atoms with Crippen LogP contribution in [0.5, 0.6) is 0 Å². The molecule has 0 saturated heterocycles. The second kappa shape index (κ2) is 5.98. The van der Waals surface area contributed by atoms with Gasteiger partial charge in [0.25, 0.3) is 5.91 Å². The van der Waals surface area contributed by atoms with Gasteiger partial charge in [-0.05, 0) is 38.0 Å². The van der Waals surface area contributed by atoms with E-state index in [-0.39, 0.29) is 11.9 Å². The Hall–Kier alpha value is -1.39. The molecular weight excluding hydrogens is 228 g/mol. The Morgan fingerprint density at radius 2 is 2.00 bits per heavy atom. The highest BCUT2D eigenvalue weighted by Gasteiger charge is 2.30. The molecule has 0 heterocycles. The highest BCUT2D eigenvalue weighted by molar-refractivity contribution is 5.97. The highest BCUT2D eigenvalue weighted by Crippen LogP contribution is 2.19. The predicted molar refractivity (Wildman–Crippen MR) is 73.4 cm³/mol. The van der Waals surface area contributed by atoms with Crippen molar-refractivity contribution in [2.45, 2.75) is 38.8 Å². The molecule has 2 atom stereocenters. The van der Waals surface area contributed by atoms with Gasteiger partial charge in [-0.2, -0.15) is 0 Å². The first-order valence-corrected chi connectivity index (χ1v) is 6.15. The zero-order chi connectivity index (χ0) is 13.8. The second-order valence-corrected chi connectivity index (χ2v) is 4.65. The smallest absolute Gasteiger partial charge is 0.256 e. The van der Waals surface area contributed by atoms with E-state index in [0.717, 1.165) is 11.3 Å². The molecule has 1 aromatic rings. The van der Waals surface area contributed by atoms with Gasteiger partial charge in [-0.1, -0.05) is 19.1 Å². The van der Waals surface area contributed by atoms with Gasteiger partial charge in [-0.3, -0.25) is 4.79 Å². The van der Waals surface area contributed by atoms with E-state index in [2.05, 4.69) is 5.32 Å². The van der Waals surface area contributed by atoms with Crippen molar-refractivity contribution in [1.82, 2.24) is 0 Å². The number of ether oxygens (including phenoxy) is 1. The summed E-state index contributed by atoms with van der Waals surface area (Å²) in [5, 5.41) is 2.85. The maximum atomic E-state index is 12.1. The normalized spacial score (nSPS) is 15.8. The highest BCUT2D eigenvalue weighted by atomic mass is 16.5. The molecule has 100 valence electrons. The maximum absolute atomic E-state index is 12.1. The average Bonchev–Trinajstić information content (AvgIpc) is 2.38. The van der Waals surface area contributed by atoms with Crippen LogP contribution in [0.1, 0.15) is 38.8 Å². The first-order valence-electron chi connectivity index (χ1n) is 6.15. The number of benzene rings is 1. The van der Waals surface area contributed by atoms with E-state index in [0.29, 0.717) is 6.42 Å². The van der Waals surface area contributed by atoms with Crippen LogP contribution in [0.25, 0.3) is 0 Å². The van der Waals surface area contributed by atoms with Gasteiger partial charge in [0.15, 0.2) is 0 Å². The predicted octanol–water partition coefficient (Wildman–Crippen LogP) is 2.46. The minimum Gasteiger partial charge on any atom is -0.369 e. The Bertz CT molecular complexity index is 395. The molecule has 0 aromatic heterocycles. The molecule has 0 radical (unpaired) electrons. The number of methoxy groups -OCH3 is 1. The van der Waals surface area contributed by atoms with Crippen LogP contribution in [0, 0.1) is 0 Å². The Morgan fingerprint density at radius 3 is 2.39 bits per heavy atom. The van der Waals surface area contributed by atoms with E-state index in [1.807, 2.05) is 38.1 Å². The van der Waals surface area contributed by atoms with Crippen LogP contribution in [0.2, 0.25) is 0 Å². The number of amides is 1. The van der Waals surface area contributed by atoms with Crippen molar-refractivity contribution in [3.05, 3.63) is 29.8 Å². The number of rotatable bonds is 5. The Balaban J connectivity index is 2.76. The monoisotopic (exact) mass is 250 g/mol. The van der Waals surface area contributed by atoms with Crippen molar-refractivity contribution in [2.75, 3.05) is 12.4 Å². The lowest BCUT2D eigenvalue weighted by atomic mass is 10.0. The second-order valence-electron chi connectivity index (χ2n) is 4.65. The largest absolute Gasteiger partial charge is 0.369 e. The summed E-state index contributed by atoms with van der Waals surface area (Å²) in [4.78, 5) is 12.1. The van der Waals surface area contributed by atoms with Gasteiger partial charge in [-0.25, -0.2) is 0 Å². The summed E-state index contributed by atoms with van der Waals surface area (Å²) in [6.07, 6.45) is 0.618. The average molecular weight is 250 g/mol. The van der Waals surface area contributed by atoms with Gasteiger partial charge in [-0.15, -0.1) is 0 Å². The molecule has 1 amide bonds. The standard InChI is InChI=1S/C14H22N2O2/c1-5-14(3,18-4)13(17)16-12-8-6-11(7-9-12)10(2)15/h6-10H,5,15H2,1-4H3,(H,16,17). The lowest BCUT2D eigenvalue weighted by molar-refractivity contribution is -0.136. The summed E-state index contributed by atoms with van der Waals surface area (Å²) in [5.41, 5.74) is 6.77. The number of hydrogen-bond donors (Lipinski definition) is 2. The van der Waals surface area contributed by atoms with E-state index >= 15 is 0 Å². The van der Waals surface area contributed by atoms with Crippen LogP contribution in [-0.2, 0) is 9.53 Å². The van der Waals surface area contributed by atoms with E-state index in [1.54, 1.807) is 14.0 Å². The van der Waals surface area contributed by atoms with Gasteiger partial charge in [0.2, 0.25) is 0 Å². The Labute approximate surface area is 109 Å². The van der Waals surface area contributed by atoms with Crippen LogP contribution < -0.4 is 11.1 Å². The fraction of sp³-hybridized carbons (Fsp3) is 0.500. The molecule has 0 fully saturated rings. The Kier molecular flexibility index (Phi) is 4.87. The van der Waals surface area contributed by atoms with E-state index < -0.39 is 5.60 Å². The molecule has 0 saturated carbocycles. The van der Waals surface area contributed by atoms with Gasteiger partial charge in [0.1, 0.15) is 5.60 Å². The minimum atomic E-state index is -0.792. The number of nitrogens with two attached hydrogens (primary N) is 1. The molecule has 0 aliphatic rings. The SMILES string of the molecule is CCC(C)(OC)C(=O)Nc1ccc(C(C)N)cc1. The molecule has 0 spiro atoms. The fourth-order valence-electron chi connectivity index (χ4n) is 1.53. The van der Waals surface area contributed by atoms with Crippen molar-refractivity contribution >= 4 is 11.6 Å². The van der Waals surface area contributed by atoms with Crippen LogP contribution in [0.3, 0.4) is 0 Å². The fourth-order valence-corrected chi connectivity index (χ4v) is 1.53. The van der Waals surface area contributed by atoms with Crippen LogP contribution in [-0.4, -0.2) is 18.6 Å². The molecule has 2 unspecified atom stereocenters. The third kappa shape index (κ3) is 3.31. The zero-order valence-corrected chi connectivity index (χ0v) is 11.5. The quantitative estimate of drug-likeness (QED) is 0.843. The van der Waals surface area contributed by atoms with E-state index in [4.69, 9.17) is 10.5 Å². The number of carbonyl (C=O) groups excluding carboxylic acids is 1. The molecule has 1 rings (SSSR count). The minimum absolute atomic E-state index is 0.00497. The Morgan fingerprint density at radius 1 is 1.44 bits per heavy atom. The summed E-state index contributed by atoms with van der Waals surface area (Å²) in [6, 6.07) is 7.52. The van der Waals surface area contributed by atoms with E-state index in [9.17, 15) is 4.79 Å². The summed E-state index contributed by atoms with van der Waals surface area (Å²) >= 11 is 0. The van der Waals surface area contributed by atoms with Crippen molar-refractivity contribution in [3.8, 4) is 0 Å². The molecule has 0 bridgehead atoms. The van der Waals surface area contributed by atoms with Gasteiger partial charge in [0, 0.05) is 18.8 Å². The molecule has 3 N–H and O–H groups in total. The van der Waals surface area contributed by atoms with Crippen molar-refractivity contribution < 1.29 is 9.53 Å². The summed E-state index contributed by atoms with van der Waals surface area (Å²) in [6.45, 7) is 5.62. The summed E-state index contributed by atoms with van der Waals surface area (Å²) < 4.78 is 5.25. The first kappa shape index (κ1) is 14.7. The van der Waals surface area contributed by atoms with Crippen molar-refractivity contribution in [1.29, 1.82) is 0 Å². The third-order valence-electron chi connectivity index (χ3n) is 3.30.